The summed E-state index contributed by atoms with van der Waals surface area (Å²) in [6.07, 6.45) is 7.16. The molecule has 4 N–H and O–H groups in total. The number of amides is 1. The smallest absolute Gasteiger partial charge is 0.237 e. The number of nitrogens with two attached hydrogens (primary N) is 1. The van der Waals surface area contributed by atoms with Crippen molar-refractivity contribution in [2.45, 2.75) is 25.8 Å². The van der Waals surface area contributed by atoms with Gasteiger partial charge < -0.3 is 21.1 Å². The van der Waals surface area contributed by atoms with Crippen molar-refractivity contribution in [3.63, 3.8) is 0 Å². The second-order valence-electron chi connectivity index (χ2n) is 10.1. The Labute approximate surface area is 224 Å². The molecule has 6 rings (SSSR count). The molecule has 3 aromatic heterocycles. The Morgan fingerprint density at radius 3 is 2.92 bits per heavy atom. The molecule has 1 fully saturated rings. The first-order valence-corrected chi connectivity index (χ1v) is 14.7. The summed E-state index contributed by atoms with van der Waals surface area (Å²) in [5.74, 6) is 0.613. The molecule has 13 heteroatoms. The van der Waals surface area contributed by atoms with Gasteiger partial charge in [-0.25, -0.2) is 13.4 Å². The zero-order chi connectivity index (χ0) is 27.3. The summed E-state index contributed by atoms with van der Waals surface area (Å²) in [6.45, 7) is 3.58. The van der Waals surface area contributed by atoms with Crippen LogP contribution in [0.5, 0.6) is 5.88 Å². The minimum atomic E-state index is -3.08. The van der Waals surface area contributed by atoms with E-state index in [-0.39, 0.29) is 30.0 Å². The molecule has 1 aromatic carbocycles. The highest BCUT2D eigenvalue weighted by atomic mass is 32.2. The van der Waals surface area contributed by atoms with Crippen LogP contribution >= 0.6 is 0 Å². The molecule has 2 atom stereocenters. The number of aromatic nitrogens is 5. The van der Waals surface area contributed by atoms with Crippen molar-refractivity contribution in [2.75, 3.05) is 41.5 Å². The highest BCUT2D eigenvalue weighted by molar-refractivity contribution is 7.90. The number of aryl methyl sites for hydroxylation is 1. The fourth-order valence-corrected chi connectivity index (χ4v) is 5.46. The number of pyridine rings is 1. The lowest BCUT2D eigenvalue weighted by atomic mass is 9.99. The van der Waals surface area contributed by atoms with Crippen molar-refractivity contribution < 1.29 is 17.9 Å². The van der Waals surface area contributed by atoms with Crippen LogP contribution < -0.4 is 21.1 Å². The summed E-state index contributed by atoms with van der Waals surface area (Å²) in [7, 11) is -3.08. The van der Waals surface area contributed by atoms with E-state index in [1.54, 1.807) is 23.1 Å². The maximum absolute atomic E-state index is 13.0. The molecule has 1 saturated carbocycles. The van der Waals surface area contributed by atoms with Gasteiger partial charge in [-0.15, -0.1) is 10.2 Å². The number of sulfone groups is 1. The van der Waals surface area contributed by atoms with E-state index >= 15 is 0 Å². The number of carbonyl (C=O) groups excluding carboxylic acids is 1. The molecule has 1 aliphatic heterocycles. The van der Waals surface area contributed by atoms with Gasteiger partial charge in [-0.2, -0.15) is 5.10 Å². The predicted octanol–water partition coefficient (Wildman–Crippen LogP) is 2.37. The van der Waals surface area contributed by atoms with E-state index in [4.69, 9.17) is 10.5 Å². The number of fused-ring (bicyclic) bond motifs is 2. The van der Waals surface area contributed by atoms with Gasteiger partial charge in [-0.05, 0) is 54.2 Å². The average Bonchev–Trinajstić information content (AvgIpc) is 3.57. The predicted molar refractivity (Wildman–Crippen MR) is 147 cm³/mol. The molecular weight excluding hydrogens is 520 g/mol. The van der Waals surface area contributed by atoms with Gasteiger partial charge in [0.25, 0.3) is 0 Å². The molecule has 0 radical (unpaired) electrons. The number of benzene rings is 1. The number of hydrogen-bond acceptors (Lipinski definition) is 10. The maximum atomic E-state index is 13.0. The van der Waals surface area contributed by atoms with Crippen molar-refractivity contribution in [3.05, 3.63) is 47.9 Å². The molecule has 1 amide bonds. The lowest BCUT2D eigenvalue weighted by Gasteiger charge is -2.21. The Morgan fingerprint density at radius 2 is 2.10 bits per heavy atom. The van der Waals surface area contributed by atoms with Gasteiger partial charge in [-0.3, -0.25) is 9.48 Å². The molecule has 0 bridgehead atoms. The topological polar surface area (TPSA) is 167 Å². The first kappa shape index (κ1) is 25.0. The quantitative estimate of drug-likeness (QED) is 0.292. The number of nitrogen functional groups attached to an aromatic ring is 1. The summed E-state index contributed by atoms with van der Waals surface area (Å²) in [5.41, 5.74) is 11.9. The molecule has 202 valence electrons. The molecule has 0 saturated heterocycles. The number of hydrogen-bond donors (Lipinski definition) is 3. The molecule has 4 heterocycles. The number of nitrogens with zero attached hydrogens (tertiary/aromatic N) is 5. The summed E-state index contributed by atoms with van der Waals surface area (Å²) in [4.78, 5) is 17.4. The molecule has 39 heavy (non-hydrogen) atoms. The van der Waals surface area contributed by atoms with E-state index in [1.165, 1.54) is 6.26 Å². The third-order valence-electron chi connectivity index (χ3n) is 7.13. The molecule has 0 spiro atoms. The highest BCUT2D eigenvalue weighted by Gasteiger charge is 2.44. The Kier molecular flexibility index (Phi) is 6.09. The van der Waals surface area contributed by atoms with Crippen LogP contribution in [-0.2, 0) is 21.2 Å². The lowest BCUT2D eigenvalue weighted by Crippen LogP contribution is -2.20. The summed E-state index contributed by atoms with van der Waals surface area (Å²) < 4.78 is 30.1. The first-order valence-electron chi connectivity index (χ1n) is 12.6. The van der Waals surface area contributed by atoms with Gasteiger partial charge in [0.1, 0.15) is 27.6 Å². The average molecular weight is 549 g/mol. The van der Waals surface area contributed by atoms with Crippen LogP contribution in [0.2, 0.25) is 0 Å². The van der Waals surface area contributed by atoms with Crippen LogP contribution in [0.1, 0.15) is 23.5 Å². The summed E-state index contributed by atoms with van der Waals surface area (Å²) in [6, 6.07) is 5.57. The molecule has 4 aromatic rings. The van der Waals surface area contributed by atoms with Crippen molar-refractivity contribution in [1.29, 1.82) is 0 Å². The molecule has 1 aliphatic carbocycles. The number of rotatable bonds is 7. The van der Waals surface area contributed by atoms with Crippen LogP contribution in [0.4, 0.5) is 17.2 Å². The Hall–Kier alpha value is -4.26. The van der Waals surface area contributed by atoms with E-state index in [2.05, 4.69) is 30.9 Å². The lowest BCUT2D eigenvalue weighted by molar-refractivity contribution is -0.117. The van der Waals surface area contributed by atoms with E-state index < -0.39 is 9.84 Å². The fraction of sp³-hybridized carbons (Fsp3) is 0.346. The molecular formula is C26H28N8O4S. The normalized spacial score (nSPS) is 18.2. The number of anilines is 3. The minimum Gasteiger partial charge on any atom is -0.474 e. The molecule has 12 nitrogen and oxygen atoms in total. The van der Waals surface area contributed by atoms with Crippen molar-refractivity contribution >= 4 is 43.8 Å². The van der Waals surface area contributed by atoms with E-state index in [0.717, 1.165) is 33.3 Å². The van der Waals surface area contributed by atoms with E-state index in [9.17, 15) is 13.2 Å². The SMILES string of the molecule is Cc1c(-c2cc(N)c3nnc(NC(=O)[C@H]4C[C@@H]4c4cnn(CCS(C)(=O)=O)c4)cc3c2)cnc2c1NCCO2. The monoisotopic (exact) mass is 548 g/mol. The summed E-state index contributed by atoms with van der Waals surface area (Å²) in [5, 5.41) is 19.6. The maximum Gasteiger partial charge on any atom is 0.237 e. The second kappa shape index (κ2) is 9.49. The van der Waals surface area contributed by atoms with Gasteiger partial charge in [0.2, 0.25) is 11.8 Å². The van der Waals surface area contributed by atoms with E-state index in [1.807, 2.05) is 25.3 Å². The molecule has 0 unspecified atom stereocenters. The number of ether oxygens (including phenoxy) is 1. The second-order valence-corrected chi connectivity index (χ2v) is 12.3. The Bertz CT molecular complexity index is 1720. The number of carbonyl (C=O) groups is 1. The van der Waals surface area contributed by atoms with E-state index in [0.29, 0.717) is 42.5 Å². The van der Waals surface area contributed by atoms with Gasteiger partial charge in [0.05, 0.1) is 24.2 Å². The van der Waals surface area contributed by atoms with Gasteiger partial charge >= 0.3 is 0 Å². The van der Waals surface area contributed by atoms with Crippen molar-refractivity contribution in [3.8, 4) is 17.0 Å². The number of nitrogens with one attached hydrogen (secondary N) is 2. The zero-order valence-electron chi connectivity index (χ0n) is 21.5. The molecule has 2 aliphatic rings. The van der Waals surface area contributed by atoms with Gasteiger partial charge in [0.15, 0.2) is 5.82 Å². The van der Waals surface area contributed by atoms with Crippen molar-refractivity contribution in [2.24, 2.45) is 5.92 Å². The zero-order valence-corrected chi connectivity index (χ0v) is 22.3. The van der Waals surface area contributed by atoms with Crippen LogP contribution in [0, 0.1) is 12.8 Å². The van der Waals surface area contributed by atoms with Gasteiger partial charge in [-0.1, -0.05) is 0 Å². The van der Waals surface area contributed by atoms with Crippen LogP contribution in [-0.4, -0.2) is 64.4 Å². The first-order chi connectivity index (χ1) is 18.7. The van der Waals surface area contributed by atoms with Crippen LogP contribution in [0.25, 0.3) is 22.0 Å². The standard InChI is InChI=1S/C26H28N8O4S/c1-14-20(12-29-26-23(14)28-3-5-38-26)15-7-16-9-22(32-33-24(16)21(27)8-15)31-25(35)19-10-18(19)17-11-30-34(13-17)4-6-39(2,36)37/h7-9,11-13,18-19,28H,3-6,10,27H2,1-2H3,(H,31,32,35)/t18-,19+/m1/s1. The van der Waals surface area contributed by atoms with Gasteiger partial charge in [0, 0.05) is 42.1 Å². The Morgan fingerprint density at radius 1 is 1.26 bits per heavy atom. The largest absolute Gasteiger partial charge is 0.474 e. The van der Waals surface area contributed by atoms with Crippen LogP contribution in [0.15, 0.2) is 36.8 Å². The fourth-order valence-electron chi connectivity index (χ4n) is 4.94. The third-order valence-corrected chi connectivity index (χ3v) is 8.05. The highest BCUT2D eigenvalue weighted by Crippen LogP contribution is 2.48. The Balaban J connectivity index is 1.19. The van der Waals surface area contributed by atoms with Crippen LogP contribution in [0.3, 0.4) is 0 Å². The summed E-state index contributed by atoms with van der Waals surface area (Å²) >= 11 is 0. The third kappa shape index (κ3) is 5.09. The van der Waals surface area contributed by atoms with Crippen molar-refractivity contribution in [1.82, 2.24) is 25.0 Å². The minimum absolute atomic E-state index is 0.0173.